The molecule has 6 nitrogen and oxygen atoms in total. The summed E-state index contributed by atoms with van der Waals surface area (Å²) in [5.41, 5.74) is 1.87. The monoisotopic (exact) mass is 259 g/mol. The summed E-state index contributed by atoms with van der Waals surface area (Å²) < 4.78 is 4.43. The van der Waals surface area contributed by atoms with Gasteiger partial charge in [0.15, 0.2) is 0 Å². The lowest BCUT2D eigenvalue weighted by atomic mass is 10.1. The maximum atomic E-state index is 11.7. The second kappa shape index (κ2) is 5.81. The number of aromatic amines is 1. The maximum absolute atomic E-state index is 11.7. The van der Waals surface area contributed by atoms with E-state index in [1.165, 1.54) is 7.11 Å². The average molecular weight is 259 g/mol. The molecule has 19 heavy (non-hydrogen) atoms. The summed E-state index contributed by atoms with van der Waals surface area (Å²) in [5.74, 6) is -0.906. The van der Waals surface area contributed by atoms with E-state index in [0.717, 1.165) is 5.56 Å². The summed E-state index contributed by atoms with van der Waals surface area (Å²) in [6.07, 6.45) is 0. The quantitative estimate of drug-likeness (QED) is 0.802. The zero-order valence-corrected chi connectivity index (χ0v) is 10.3. The molecule has 1 amide bonds. The molecular weight excluding hydrogens is 246 g/mol. The number of hydrogen-bond acceptors (Lipinski definition) is 4. The summed E-state index contributed by atoms with van der Waals surface area (Å²) in [6.45, 7) is -0.172. The van der Waals surface area contributed by atoms with Gasteiger partial charge in [0, 0.05) is 5.56 Å². The van der Waals surface area contributed by atoms with Gasteiger partial charge >= 0.3 is 5.97 Å². The number of benzene rings is 1. The molecule has 2 aromatic rings. The standard InChI is InChI=1S/C13H13N3O3/c1-19-12(17)8-14-13(18)11-7-10(15-16-11)9-5-3-2-4-6-9/h2-7H,8H2,1H3,(H,14,18)(H,15,16). The van der Waals surface area contributed by atoms with Crippen molar-refractivity contribution in [3.05, 3.63) is 42.1 Å². The fraction of sp³-hybridized carbons (Fsp3) is 0.154. The third-order valence-electron chi connectivity index (χ3n) is 2.51. The number of nitrogens with zero attached hydrogens (tertiary/aromatic N) is 1. The largest absolute Gasteiger partial charge is 0.468 e. The van der Waals surface area contributed by atoms with E-state index in [9.17, 15) is 9.59 Å². The fourth-order valence-electron chi connectivity index (χ4n) is 1.51. The van der Waals surface area contributed by atoms with Gasteiger partial charge in [-0.3, -0.25) is 14.7 Å². The number of carbonyl (C=O) groups excluding carboxylic acids is 2. The molecule has 98 valence electrons. The van der Waals surface area contributed by atoms with Gasteiger partial charge in [-0.2, -0.15) is 5.10 Å². The summed E-state index contributed by atoms with van der Waals surface area (Å²) in [4.78, 5) is 22.6. The molecule has 2 rings (SSSR count). The van der Waals surface area contributed by atoms with Gasteiger partial charge in [0.2, 0.25) is 0 Å². The van der Waals surface area contributed by atoms with Gasteiger partial charge in [0.25, 0.3) is 5.91 Å². The molecule has 0 aliphatic heterocycles. The van der Waals surface area contributed by atoms with Crippen molar-refractivity contribution < 1.29 is 14.3 Å². The molecule has 0 bridgehead atoms. The normalized spacial score (nSPS) is 9.95. The number of methoxy groups -OCH3 is 1. The molecule has 0 aliphatic rings. The number of amides is 1. The number of carbonyl (C=O) groups is 2. The number of hydrogen-bond donors (Lipinski definition) is 2. The molecule has 0 atom stereocenters. The van der Waals surface area contributed by atoms with Gasteiger partial charge in [-0.25, -0.2) is 0 Å². The van der Waals surface area contributed by atoms with Crippen molar-refractivity contribution in [2.75, 3.05) is 13.7 Å². The lowest BCUT2D eigenvalue weighted by molar-refractivity contribution is -0.139. The molecule has 0 saturated carbocycles. The molecule has 0 unspecified atom stereocenters. The molecule has 0 fully saturated rings. The third kappa shape index (κ3) is 3.19. The van der Waals surface area contributed by atoms with Crippen LogP contribution in [-0.2, 0) is 9.53 Å². The van der Waals surface area contributed by atoms with E-state index < -0.39 is 11.9 Å². The van der Waals surface area contributed by atoms with Crippen molar-refractivity contribution in [2.45, 2.75) is 0 Å². The number of nitrogens with one attached hydrogen (secondary N) is 2. The van der Waals surface area contributed by atoms with Crippen molar-refractivity contribution in [3.63, 3.8) is 0 Å². The Hall–Kier alpha value is -2.63. The molecule has 2 N–H and O–H groups in total. The van der Waals surface area contributed by atoms with E-state index in [1.54, 1.807) is 6.07 Å². The zero-order valence-electron chi connectivity index (χ0n) is 10.3. The minimum absolute atomic E-state index is 0.172. The van der Waals surface area contributed by atoms with E-state index in [2.05, 4.69) is 20.3 Å². The van der Waals surface area contributed by atoms with Crippen molar-refractivity contribution in [1.29, 1.82) is 0 Å². The SMILES string of the molecule is COC(=O)CNC(=O)c1cc(-c2ccccc2)n[nH]1. The van der Waals surface area contributed by atoms with E-state index in [0.29, 0.717) is 11.4 Å². The third-order valence-corrected chi connectivity index (χ3v) is 2.51. The maximum Gasteiger partial charge on any atom is 0.325 e. The van der Waals surface area contributed by atoms with Crippen LogP contribution in [-0.4, -0.2) is 35.7 Å². The lowest BCUT2D eigenvalue weighted by Crippen LogP contribution is -2.30. The number of rotatable bonds is 4. The van der Waals surface area contributed by atoms with Gasteiger partial charge in [0.1, 0.15) is 12.2 Å². The van der Waals surface area contributed by atoms with E-state index in [1.807, 2.05) is 30.3 Å². The molecule has 0 radical (unpaired) electrons. The van der Waals surface area contributed by atoms with E-state index in [4.69, 9.17) is 0 Å². The molecule has 1 heterocycles. The first-order valence-corrected chi connectivity index (χ1v) is 5.66. The first-order valence-electron chi connectivity index (χ1n) is 5.66. The van der Waals surface area contributed by atoms with Crippen LogP contribution in [0.5, 0.6) is 0 Å². The summed E-state index contributed by atoms with van der Waals surface area (Å²) in [6, 6.07) is 11.1. The Morgan fingerprint density at radius 3 is 2.74 bits per heavy atom. The Kier molecular flexibility index (Phi) is 3.92. The van der Waals surface area contributed by atoms with Gasteiger partial charge in [-0.15, -0.1) is 0 Å². The summed E-state index contributed by atoms with van der Waals surface area (Å²) in [7, 11) is 1.26. The second-order valence-corrected chi connectivity index (χ2v) is 3.79. The molecule has 1 aromatic carbocycles. The highest BCUT2D eigenvalue weighted by atomic mass is 16.5. The number of aromatic nitrogens is 2. The minimum Gasteiger partial charge on any atom is -0.468 e. The fourth-order valence-corrected chi connectivity index (χ4v) is 1.51. The van der Waals surface area contributed by atoms with Crippen LogP contribution < -0.4 is 5.32 Å². The van der Waals surface area contributed by atoms with Crippen LogP contribution in [0.1, 0.15) is 10.5 Å². The van der Waals surface area contributed by atoms with Crippen LogP contribution >= 0.6 is 0 Å². The van der Waals surface area contributed by atoms with Crippen LogP contribution in [0.3, 0.4) is 0 Å². The lowest BCUT2D eigenvalue weighted by Gasteiger charge is -2.00. The van der Waals surface area contributed by atoms with Crippen LogP contribution in [0.4, 0.5) is 0 Å². The van der Waals surface area contributed by atoms with Crippen LogP contribution in [0.2, 0.25) is 0 Å². The molecule has 1 aromatic heterocycles. The Bertz CT molecular complexity index is 578. The minimum atomic E-state index is -0.504. The zero-order chi connectivity index (χ0) is 13.7. The van der Waals surface area contributed by atoms with Crippen molar-refractivity contribution in [3.8, 4) is 11.3 Å². The number of ether oxygens (including phenoxy) is 1. The molecule has 0 aliphatic carbocycles. The Morgan fingerprint density at radius 1 is 1.32 bits per heavy atom. The highest BCUT2D eigenvalue weighted by Crippen LogP contribution is 2.16. The predicted molar refractivity (Wildman–Crippen MR) is 68.4 cm³/mol. The van der Waals surface area contributed by atoms with Crippen LogP contribution in [0.15, 0.2) is 36.4 Å². The molecular formula is C13H13N3O3. The van der Waals surface area contributed by atoms with Crippen LogP contribution in [0, 0.1) is 0 Å². The predicted octanol–water partition coefficient (Wildman–Crippen LogP) is 0.979. The summed E-state index contributed by atoms with van der Waals surface area (Å²) >= 11 is 0. The topological polar surface area (TPSA) is 84.1 Å². The van der Waals surface area contributed by atoms with Crippen molar-refractivity contribution in [1.82, 2.24) is 15.5 Å². The van der Waals surface area contributed by atoms with Gasteiger partial charge in [-0.1, -0.05) is 30.3 Å². The Balaban J connectivity index is 2.05. The Labute approximate surface area is 109 Å². The van der Waals surface area contributed by atoms with Gasteiger partial charge < -0.3 is 10.1 Å². The Morgan fingerprint density at radius 2 is 2.05 bits per heavy atom. The van der Waals surface area contributed by atoms with Gasteiger partial charge in [-0.05, 0) is 6.07 Å². The van der Waals surface area contributed by atoms with E-state index >= 15 is 0 Å². The average Bonchev–Trinajstić information content (AvgIpc) is 2.95. The first kappa shape index (κ1) is 12.8. The highest BCUT2D eigenvalue weighted by Gasteiger charge is 2.11. The van der Waals surface area contributed by atoms with Gasteiger partial charge in [0.05, 0.1) is 12.8 Å². The number of esters is 1. The van der Waals surface area contributed by atoms with Crippen LogP contribution in [0.25, 0.3) is 11.3 Å². The first-order chi connectivity index (χ1) is 9.20. The second-order valence-electron chi connectivity index (χ2n) is 3.79. The smallest absolute Gasteiger partial charge is 0.325 e. The highest BCUT2D eigenvalue weighted by molar-refractivity contribution is 5.95. The summed E-state index contributed by atoms with van der Waals surface area (Å²) in [5, 5.41) is 9.11. The van der Waals surface area contributed by atoms with Crippen molar-refractivity contribution in [2.24, 2.45) is 0 Å². The van der Waals surface area contributed by atoms with Crippen molar-refractivity contribution >= 4 is 11.9 Å². The molecule has 6 heteroatoms. The number of H-pyrrole nitrogens is 1. The van der Waals surface area contributed by atoms with E-state index in [-0.39, 0.29) is 6.54 Å². The molecule has 0 saturated heterocycles. The molecule has 0 spiro atoms.